The Bertz CT molecular complexity index is 1250. The van der Waals surface area contributed by atoms with Crippen molar-refractivity contribution in [3.05, 3.63) is 90.4 Å². The molecule has 6 nitrogen and oxygen atoms in total. The van der Waals surface area contributed by atoms with Gasteiger partial charge in [0.05, 0.1) is 11.8 Å². The van der Waals surface area contributed by atoms with E-state index < -0.39 is 0 Å². The van der Waals surface area contributed by atoms with Crippen LogP contribution in [0.25, 0.3) is 22.8 Å². The van der Waals surface area contributed by atoms with Crippen molar-refractivity contribution >= 4 is 23.2 Å². The average molecular weight is 415 g/mol. The molecule has 1 aromatic heterocycles. The van der Waals surface area contributed by atoms with Gasteiger partial charge >= 0.3 is 0 Å². The van der Waals surface area contributed by atoms with Crippen LogP contribution in [0.4, 0.5) is 15.8 Å². The summed E-state index contributed by atoms with van der Waals surface area (Å²) in [6, 6.07) is 19.7. The first-order chi connectivity index (χ1) is 15.0. The van der Waals surface area contributed by atoms with Gasteiger partial charge in [-0.25, -0.2) is 9.37 Å². The molecule has 4 rings (SSSR count). The number of oxazole rings is 1. The molecule has 3 aromatic carbocycles. The second-order valence-electron chi connectivity index (χ2n) is 6.80. The number of hydrogen-bond acceptors (Lipinski definition) is 4. The minimum atomic E-state index is -0.350. The molecule has 0 saturated carbocycles. The molecular weight excluding hydrogens is 397 g/mol. The standard InChI is InChI=1S/C24H18FN3O3/c1-15(29)27-18-5-4-6-19(13-18)28-23(30)20-7-2-3-8-21(20)24-26-14-22(31-24)16-9-11-17(25)12-10-16/h2-14H,1H3,(H,27,29)(H,28,30). The molecule has 0 spiro atoms. The highest BCUT2D eigenvalue weighted by Crippen LogP contribution is 2.29. The second kappa shape index (κ2) is 8.62. The van der Waals surface area contributed by atoms with E-state index >= 15 is 0 Å². The van der Waals surface area contributed by atoms with Gasteiger partial charge in [0.1, 0.15) is 5.82 Å². The van der Waals surface area contributed by atoms with Gasteiger partial charge in [-0.1, -0.05) is 18.2 Å². The van der Waals surface area contributed by atoms with E-state index in [2.05, 4.69) is 15.6 Å². The van der Waals surface area contributed by atoms with Gasteiger partial charge in [-0.2, -0.15) is 0 Å². The highest BCUT2D eigenvalue weighted by molar-refractivity contribution is 6.08. The van der Waals surface area contributed by atoms with Crippen molar-refractivity contribution in [1.82, 2.24) is 4.98 Å². The quantitative estimate of drug-likeness (QED) is 0.460. The van der Waals surface area contributed by atoms with E-state index in [1.54, 1.807) is 60.7 Å². The molecule has 0 aliphatic rings. The largest absolute Gasteiger partial charge is 0.436 e. The molecule has 2 N–H and O–H groups in total. The van der Waals surface area contributed by atoms with Gasteiger partial charge in [0.2, 0.25) is 11.8 Å². The van der Waals surface area contributed by atoms with E-state index in [0.717, 1.165) is 0 Å². The van der Waals surface area contributed by atoms with E-state index in [1.807, 2.05) is 0 Å². The monoisotopic (exact) mass is 415 g/mol. The molecule has 0 fully saturated rings. The summed E-state index contributed by atoms with van der Waals surface area (Å²) in [6.07, 6.45) is 1.54. The Morgan fingerprint density at radius 2 is 1.61 bits per heavy atom. The van der Waals surface area contributed by atoms with Crippen LogP contribution in [-0.4, -0.2) is 16.8 Å². The smallest absolute Gasteiger partial charge is 0.256 e. The first-order valence-electron chi connectivity index (χ1n) is 9.50. The van der Waals surface area contributed by atoms with Crippen molar-refractivity contribution in [2.24, 2.45) is 0 Å². The molecule has 0 bridgehead atoms. The highest BCUT2D eigenvalue weighted by atomic mass is 19.1. The molecule has 7 heteroatoms. The zero-order valence-corrected chi connectivity index (χ0v) is 16.6. The summed E-state index contributed by atoms with van der Waals surface area (Å²) >= 11 is 0. The van der Waals surface area contributed by atoms with Crippen molar-refractivity contribution in [2.75, 3.05) is 10.6 Å². The number of halogens is 1. The first kappa shape index (κ1) is 20.0. The summed E-state index contributed by atoms with van der Waals surface area (Å²) < 4.78 is 19.0. The number of nitrogens with zero attached hydrogens (tertiary/aromatic N) is 1. The van der Waals surface area contributed by atoms with E-state index in [1.165, 1.54) is 25.3 Å². The summed E-state index contributed by atoms with van der Waals surface area (Å²) in [7, 11) is 0. The maximum Gasteiger partial charge on any atom is 0.256 e. The molecule has 2 amide bonds. The Labute approximate surface area is 177 Å². The fourth-order valence-electron chi connectivity index (χ4n) is 3.09. The number of anilines is 2. The number of rotatable bonds is 5. The number of nitrogens with one attached hydrogen (secondary N) is 2. The van der Waals surface area contributed by atoms with Crippen molar-refractivity contribution in [2.45, 2.75) is 6.92 Å². The molecule has 0 aliphatic heterocycles. The molecule has 0 saturated heterocycles. The van der Waals surface area contributed by atoms with E-state index in [-0.39, 0.29) is 23.5 Å². The van der Waals surface area contributed by atoms with Crippen LogP contribution in [0.3, 0.4) is 0 Å². The van der Waals surface area contributed by atoms with Crippen LogP contribution < -0.4 is 10.6 Å². The predicted molar refractivity (Wildman–Crippen MR) is 116 cm³/mol. The molecule has 31 heavy (non-hydrogen) atoms. The first-order valence-corrected chi connectivity index (χ1v) is 9.50. The van der Waals surface area contributed by atoms with Gasteiger partial charge < -0.3 is 15.1 Å². The van der Waals surface area contributed by atoms with E-state index in [0.29, 0.717) is 33.8 Å². The minimum absolute atomic E-state index is 0.199. The van der Waals surface area contributed by atoms with Gasteiger partial charge in [-0.3, -0.25) is 9.59 Å². The molecule has 0 unspecified atom stereocenters. The minimum Gasteiger partial charge on any atom is -0.436 e. The second-order valence-corrected chi connectivity index (χ2v) is 6.80. The van der Waals surface area contributed by atoms with Crippen molar-refractivity contribution in [3.8, 4) is 22.8 Å². The highest BCUT2D eigenvalue weighted by Gasteiger charge is 2.17. The Morgan fingerprint density at radius 3 is 2.35 bits per heavy atom. The zero-order valence-electron chi connectivity index (χ0n) is 16.6. The lowest BCUT2D eigenvalue weighted by Gasteiger charge is -2.10. The summed E-state index contributed by atoms with van der Waals surface area (Å²) in [4.78, 5) is 28.5. The normalized spacial score (nSPS) is 10.5. The maximum absolute atomic E-state index is 13.2. The van der Waals surface area contributed by atoms with Gasteiger partial charge in [-0.05, 0) is 54.6 Å². The lowest BCUT2D eigenvalue weighted by molar-refractivity contribution is -0.114. The van der Waals surface area contributed by atoms with Crippen LogP contribution in [0.2, 0.25) is 0 Å². The van der Waals surface area contributed by atoms with Crippen LogP contribution in [0.1, 0.15) is 17.3 Å². The Hall–Kier alpha value is -4.26. The van der Waals surface area contributed by atoms with Gasteiger partial charge in [0.15, 0.2) is 5.76 Å². The van der Waals surface area contributed by atoms with Gasteiger partial charge in [0.25, 0.3) is 5.91 Å². The van der Waals surface area contributed by atoms with Crippen molar-refractivity contribution in [3.63, 3.8) is 0 Å². The summed E-state index contributed by atoms with van der Waals surface area (Å²) in [5.74, 6) is -0.148. The fourth-order valence-corrected chi connectivity index (χ4v) is 3.09. The lowest BCUT2D eigenvalue weighted by atomic mass is 10.1. The summed E-state index contributed by atoms with van der Waals surface area (Å²) in [5.41, 5.74) is 2.68. The number of hydrogen-bond donors (Lipinski definition) is 2. The number of amides is 2. The predicted octanol–water partition coefficient (Wildman–Crippen LogP) is 5.36. The van der Waals surface area contributed by atoms with E-state index in [9.17, 15) is 14.0 Å². The third kappa shape index (κ3) is 4.67. The topological polar surface area (TPSA) is 84.2 Å². The van der Waals surface area contributed by atoms with Crippen molar-refractivity contribution < 1.29 is 18.4 Å². The van der Waals surface area contributed by atoms with E-state index in [4.69, 9.17) is 4.42 Å². The Morgan fingerprint density at radius 1 is 0.903 bits per heavy atom. The Kier molecular flexibility index (Phi) is 5.57. The SMILES string of the molecule is CC(=O)Nc1cccc(NC(=O)c2ccccc2-c2ncc(-c3ccc(F)cc3)o2)c1. The fraction of sp³-hybridized carbons (Fsp3) is 0.0417. The molecule has 4 aromatic rings. The maximum atomic E-state index is 13.2. The molecule has 0 atom stereocenters. The lowest BCUT2D eigenvalue weighted by Crippen LogP contribution is -2.13. The van der Waals surface area contributed by atoms with Crippen molar-refractivity contribution in [1.29, 1.82) is 0 Å². The van der Waals surface area contributed by atoms with Crippen LogP contribution in [0.15, 0.2) is 83.4 Å². The number of carbonyl (C=O) groups excluding carboxylic acids is 2. The van der Waals surface area contributed by atoms with Crippen LogP contribution >= 0.6 is 0 Å². The summed E-state index contributed by atoms with van der Waals surface area (Å²) in [6.45, 7) is 1.41. The molecule has 1 heterocycles. The van der Waals surface area contributed by atoms with Gasteiger partial charge in [0, 0.05) is 29.4 Å². The zero-order chi connectivity index (χ0) is 21.8. The molecule has 0 aliphatic carbocycles. The molecule has 0 radical (unpaired) electrons. The van der Waals surface area contributed by atoms with Crippen LogP contribution in [0.5, 0.6) is 0 Å². The third-order valence-corrected chi connectivity index (χ3v) is 4.48. The van der Waals surface area contributed by atoms with Gasteiger partial charge in [-0.15, -0.1) is 0 Å². The van der Waals surface area contributed by atoms with Crippen LogP contribution in [0, 0.1) is 5.82 Å². The molecular formula is C24H18FN3O3. The number of aromatic nitrogens is 1. The molecule has 154 valence electrons. The number of carbonyl (C=O) groups is 2. The van der Waals surface area contributed by atoms with Crippen LogP contribution in [-0.2, 0) is 4.79 Å². The average Bonchev–Trinajstić information content (AvgIpc) is 3.24. The Balaban J connectivity index is 1.60. The summed E-state index contributed by atoms with van der Waals surface area (Å²) in [5, 5.41) is 5.50. The number of benzene rings is 3. The third-order valence-electron chi connectivity index (χ3n) is 4.48.